The van der Waals surface area contributed by atoms with E-state index in [4.69, 9.17) is 21.1 Å². The monoisotopic (exact) mass is 619 g/mol. The molecule has 1 unspecified atom stereocenters. The predicted octanol–water partition coefficient (Wildman–Crippen LogP) is 4.75. The molecule has 1 aromatic carbocycles. The van der Waals surface area contributed by atoms with Crippen molar-refractivity contribution in [3.8, 4) is 0 Å². The van der Waals surface area contributed by atoms with Gasteiger partial charge in [0.25, 0.3) is 5.56 Å². The first-order chi connectivity index (χ1) is 19.9. The topological polar surface area (TPSA) is 151 Å². The summed E-state index contributed by atoms with van der Waals surface area (Å²) < 4.78 is 37.5. The van der Waals surface area contributed by atoms with Crippen LogP contribution in [0, 0.1) is 6.92 Å². The van der Waals surface area contributed by atoms with Crippen LogP contribution in [0.4, 0.5) is 22.1 Å². The summed E-state index contributed by atoms with van der Waals surface area (Å²) in [5.41, 5.74) is 1.59. The average molecular weight is 620 g/mol. The van der Waals surface area contributed by atoms with Gasteiger partial charge in [0.1, 0.15) is 16.3 Å². The van der Waals surface area contributed by atoms with E-state index < -0.39 is 23.0 Å². The molecule has 1 atom stereocenters. The lowest BCUT2D eigenvalue weighted by Crippen LogP contribution is -2.35. The van der Waals surface area contributed by atoms with Gasteiger partial charge in [0.05, 0.1) is 19.8 Å². The van der Waals surface area contributed by atoms with Crippen molar-refractivity contribution in [1.82, 2.24) is 19.9 Å². The van der Waals surface area contributed by atoms with Crippen molar-refractivity contribution in [2.45, 2.75) is 65.0 Å². The molecule has 0 bridgehead atoms. The quantitative estimate of drug-likeness (QED) is 0.229. The molecule has 1 aliphatic rings. The van der Waals surface area contributed by atoms with Crippen molar-refractivity contribution >= 4 is 57.3 Å². The number of nitrogens with zero attached hydrogens (tertiary/aromatic N) is 4. The van der Waals surface area contributed by atoms with Crippen molar-refractivity contribution in [2.24, 2.45) is 0 Å². The molecule has 1 saturated carbocycles. The molecule has 1 amide bonds. The number of carbonyl (C=O) groups is 1. The van der Waals surface area contributed by atoms with Crippen LogP contribution in [0.25, 0.3) is 11.0 Å². The Kier molecular flexibility index (Phi) is 10.4. The zero-order chi connectivity index (χ0) is 30.4. The standard InChI is InChI=1S/C28H37ClN6O6S/c1-18-15-21(34(42(38)39)12-14-40-13-11-30-27(37)41-28(2,3)4)9-10-23(18)32-26-31-17-19-16-22(29)25(36)35(24(19)33-26)20-7-5-6-8-20/h9-10,15-17,20H,5-8,11-14H2,1-4H3,(H,30,37)(H,38,39)(H,31,32,33)/p-1. The highest BCUT2D eigenvalue weighted by Crippen LogP contribution is 2.32. The number of hydrogen-bond acceptors (Lipinski definition) is 9. The fourth-order valence-corrected chi connectivity index (χ4v) is 5.51. The zero-order valence-electron chi connectivity index (χ0n) is 24.1. The molecule has 42 heavy (non-hydrogen) atoms. The summed E-state index contributed by atoms with van der Waals surface area (Å²) in [5.74, 6) is 0.310. The maximum Gasteiger partial charge on any atom is 0.407 e. The number of nitrogens with one attached hydrogen (secondary N) is 2. The lowest BCUT2D eigenvalue weighted by molar-refractivity contribution is 0.0501. The fourth-order valence-electron chi connectivity index (χ4n) is 4.79. The van der Waals surface area contributed by atoms with Crippen LogP contribution in [0.15, 0.2) is 35.3 Å². The second kappa shape index (κ2) is 13.8. The van der Waals surface area contributed by atoms with Gasteiger partial charge < -0.3 is 29.0 Å². The van der Waals surface area contributed by atoms with Gasteiger partial charge in [-0.3, -0.25) is 13.6 Å². The molecule has 0 aliphatic heterocycles. The Morgan fingerprint density at radius 1 is 1.24 bits per heavy atom. The Labute approximate surface area is 252 Å². The van der Waals surface area contributed by atoms with Gasteiger partial charge >= 0.3 is 6.09 Å². The number of anilines is 3. The minimum Gasteiger partial charge on any atom is -0.755 e. The van der Waals surface area contributed by atoms with E-state index in [0.29, 0.717) is 28.4 Å². The molecule has 3 aromatic rings. The number of pyridine rings is 1. The van der Waals surface area contributed by atoms with E-state index in [9.17, 15) is 18.4 Å². The summed E-state index contributed by atoms with van der Waals surface area (Å²) in [6.45, 7) is 7.80. The second-order valence-electron chi connectivity index (χ2n) is 11.1. The molecule has 228 valence electrons. The average Bonchev–Trinajstić information content (AvgIpc) is 3.44. The van der Waals surface area contributed by atoms with Gasteiger partial charge in [-0.25, -0.2) is 9.78 Å². The first kappa shape index (κ1) is 31.7. The lowest BCUT2D eigenvalue weighted by Gasteiger charge is -2.27. The zero-order valence-corrected chi connectivity index (χ0v) is 25.7. The van der Waals surface area contributed by atoms with Crippen LogP contribution >= 0.6 is 11.6 Å². The molecule has 1 fully saturated rings. The van der Waals surface area contributed by atoms with E-state index in [1.54, 1.807) is 55.8 Å². The smallest absolute Gasteiger partial charge is 0.407 e. The minimum absolute atomic E-state index is 0.0478. The van der Waals surface area contributed by atoms with Crippen LogP contribution in [0.3, 0.4) is 0 Å². The molecule has 0 spiro atoms. The normalized spacial score (nSPS) is 14.6. The molecule has 2 N–H and O–H groups in total. The Hall–Kier alpha value is -3.26. The third kappa shape index (κ3) is 8.18. The third-order valence-corrected chi connectivity index (χ3v) is 7.72. The van der Waals surface area contributed by atoms with E-state index in [-0.39, 0.29) is 42.9 Å². The number of aryl methyl sites for hydroxylation is 1. The van der Waals surface area contributed by atoms with E-state index in [2.05, 4.69) is 20.6 Å². The van der Waals surface area contributed by atoms with E-state index in [1.807, 2.05) is 6.92 Å². The number of halogens is 1. The van der Waals surface area contributed by atoms with Crippen LogP contribution in [0.2, 0.25) is 5.02 Å². The highest BCUT2D eigenvalue weighted by atomic mass is 35.5. The number of fused-ring (bicyclic) bond motifs is 1. The number of ether oxygens (including phenoxy) is 2. The van der Waals surface area contributed by atoms with Gasteiger partial charge in [-0.2, -0.15) is 4.98 Å². The summed E-state index contributed by atoms with van der Waals surface area (Å²) in [5, 5.41) is 6.60. The van der Waals surface area contributed by atoms with Gasteiger partial charge in [-0.15, -0.1) is 0 Å². The van der Waals surface area contributed by atoms with E-state index in [1.165, 1.54) is 4.31 Å². The van der Waals surface area contributed by atoms with E-state index >= 15 is 0 Å². The fraction of sp³-hybridized carbons (Fsp3) is 0.500. The Morgan fingerprint density at radius 2 is 1.98 bits per heavy atom. The Bertz CT molecular complexity index is 1500. The molecule has 2 aromatic heterocycles. The Morgan fingerprint density at radius 3 is 2.64 bits per heavy atom. The maximum atomic E-state index is 12.9. The van der Waals surface area contributed by atoms with Crippen molar-refractivity contribution in [3.05, 3.63) is 51.4 Å². The van der Waals surface area contributed by atoms with Gasteiger partial charge in [0.2, 0.25) is 5.95 Å². The molecule has 1 aliphatic carbocycles. The number of amides is 1. The second-order valence-corrected chi connectivity index (χ2v) is 12.3. The first-order valence-corrected chi connectivity index (χ1v) is 15.2. The largest absolute Gasteiger partial charge is 0.755 e. The van der Waals surface area contributed by atoms with Gasteiger partial charge in [-0.1, -0.05) is 24.4 Å². The van der Waals surface area contributed by atoms with Crippen LogP contribution < -0.4 is 20.5 Å². The third-order valence-electron chi connectivity index (χ3n) is 6.70. The summed E-state index contributed by atoms with van der Waals surface area (Å²) in [7, 11) is 0. The molecular formula is C28H36ClN6O6S-. The first-order valence-electron chi connectivity index (χ1n) is 13.8. The molecule has 0 saturated heterocycles. The molecule has 4 rings (SSSR count). The molecule has 0 radical (unpaired) electrons. The number of aromatic nitrogens is 3. The van der Waals surface area contributed by atoms with Crippen molar-refractivity contribution in [1.29, 1.82) is 0 Å². The summed E-state index contributed by atoms with van der Waals surface area (Å²) in [4.78, 5) is 33.7. The number of hydrogen-bond donors (Lipinski definition) is 2. The van der Waals surface area contributed by atoms with E-state index in [0.717, 1.165) is 31.2 Å². The van der Waals surface area contributed by atoms with Crippen LogP contribution in [0.5, 0.6) is 0 Å². The number of benzene rings is 1. The van der Waals surface area contributed by atoms with Crippen LogP contribution in [-0.4, -0.2) is 61.3 Å². The molecular weight excluding hydrogens is 584 g/mol. The maximum absolute atomic E-state index is 12.9. The van der Waals surface area contributed by atoms with Crippen molar-refractivity contribution in [2.75, 3.05) is 35.9 Å². The van der Waals surface area contributed by atoms with Gasteiger partial charge in [-0.05, 0) is 70.4 Å². The van der Waals surface area contributed by atoms with Crippen LogP contribution in [-0.2, 0) is 20.7 Å². The van der Waals surface area contributed by atoms with Crippen molar-refractivity contribution in [3.63, 3.8) is 0 Å². The summed E-state index contributed by atoms with van der Waals surface area (Å²) in [6, 6.07) is 6.79. The SMILES string of the molecule is Cc1cc(N(CCOCCNC(=O)OC(C)(C)C)S(=O)[O-])ccc1Nc1ncc2cc(Cl)c(=O)n(C3CCCC3)c2n1. The van der Waals surface area contributed by atoms with Gasteiger partial charge in [0.15, 0.2) is 0 Å². The number of rotatable bonds is 11. The highest BCUT2D eigenvalue weighted by molar-refractivity contribution is 7.80. The Balaban J connectivity index is 1.40. The molecule has 12 nitrogen and oxygen atoms in total. The summed E-state index contributed by atoms with van der Waals surface area (Å²) in [6.07, 6.45) is 4.99. The summed E-state index contributed by atoms with van der Waals surface area (Å²) >= 11 is 3.70. The molecule has 2 heterocycles. The number of alkyl carbamates (subject to hydrolysis) is 1. The van der Waals surface area contributed by atoms with Crippen molar-refractivity contribution < 1.29 is 23.0 Å². The lowest BCUT2D eigenvalue weighted by atomic mass is 10.1. The van der Waals surface area contributed by atoms with Gasteiger partial charge in [0, 0.05) is 46.8 Å². The minimum atomic E-state index is -2.53. The predicted molar refractivity (Wildman–Crippen MR) is 162 cm³/mol. The highest BCUT2D eigenvalue weighted by Gasteiger charge is 2.22. The number of carbonyl (C=O) groups excluding carboxylic acids is 1. The van der Waals surface area contributed by atoms with Crippen LogP contribution in [0.1, 0.15) is 58.1 Å². The molecule has 14 heteroatoms.